The third-order valence-corrected chi connectivity index (χ3v) is 3.76. The predicted octanol–water partition coefficient (Wildman–Crippen LogP) is 5.10. The molecule has 6 nitrogen and oxygen atoms in total. The number of hydrogen-bond acceptors (Lipinski definition) is 5. The molecule has 1 amide bonds. The zero-order valence-corrected chi connectivity index (χ0v) is 15.2. The van der Waals surface area contributed by atoms with Gasteiger partial charge in [-0.25, -0.2) is 14.8 Å². The van der Waals surface area contributed by atoms with Crippen molar-refractivity contribution in [1.82, 2.24) is 9.97 Å². The number of hydrogen-bond donors (Lipinski definition) is 2. The van der Waals surface area contributed by atoms with Crippen molar-refractivity contribution in [2.24, 2.45) is 0 Å². The van der Waals surface area contributed by atoms with Crippen LogP contribution in [-0.4, -0.2) is 21.7 Å². The SMILES string of the molecule is CC(C)(C)OC(=O)Nc1cccc(Nc2nc(Cl)ncc2C2CC2)c1. The third kappa shape index (κ3) is 5.06. The molecule has 0 aliphatic heterocycles. The maximum Gasteiger partial charge on any atom is 0.412 e. The van der Waals surface area contributed by atoms with Gasteiger partial charge in [-0.05, 0) is 69.3 Å². The van der Waals surface area contributed by atoms with Crippen LogP contribution in [0.2, 0.25) is 5.28 Å². The molecule has 25 heavy (non-hydrogen) atoms. The minimum absolute atomic E-state index is 0.204. The Bertz CT molecular complexity index is 785. The molecule has 2 N–H and O–H groups in total. The average molecular weight is 361 g/mol. The standard InChI is InChI=1S/C18H21ClN4O2/c1-18(2,3)25-17(24)22-13-6-4-5-12(9-13)21-15-14(11-7-8-11)10-20-16(19)23-15/h4-6,9-11H,7-8H2,1-3H3,(H,22,24)(H,20,21,23). The summed E-state index contributed by atoms with van der Waals surface area (Å²) in [6, 6.07) is 7.35. The second-order valence-electron chi connectivity index (χ2n) is 7.05. The Kier molecular flexibility index (Phi) is 4.81. The normalized spacial score (nSPS) is 14.1. The minimum atomic E-state index is -0.545. The second kappa shape index (κ2) is 6.88. The van der Waals surface area contributed by atoms with Gasteiger partial charge in [-0.1, -0.05) is 6.07 Å². The molecule has 0 saturated heterocycles. The first-order chi connectivity index (χ1) is 11.8. The molecule has 1 aliphatic carbocycles. The number of carbonyl (C=O) groups excluding carboxylic acids is 1. The number of nitrogens with one attached hydrogen (secondary N) is 2. The summed E-state index contributed by atoms with van der Waals surface area (Å²) in [6.07, 6.45) is 3.56. The van der Waals surface area contributed by atoms with Gasteiger partial charge in [0.2, 0.25) is 5.28 Å². The number of anilines is 3. The molecule has 7 heteroatoms. The van der Waals surface area contributed by atoms with Gasteiger partial charge in [0.25, 0.3) is 0 Å². The number of rotatable bonds is 4. The highest BCUT2D eigenvalue weighted by Gasteiger charge is 2.27. The number of aromatic nitrogens is 2. The molecule has 1 aromatic carbocycles. The summed E-state index contributed by atoms with van der Waals surface area (Å²) in [5.41, 5.74) is 1.95. The molecule has 132 valence electrons. The molecule has 1 aliphatic rings. The van der Waals surface area contributed by atoms with Crippen LogP contribution in [0.25, 0.3) is 0 Å². The molecule has 0 spiro atoms. The van der Waals surface area contributed by atoms with Crippen molar-refractivity contribution in [3.05, 3.63) is 41.3 Å². The zero-order chi connectivity index (χ0) is 18.0. The Morgan fingerprint density at radius 3 is 2.68 bits per heavy atom. The first-order valence-electron chi connectivity index (χ1n) is 8.20. The van der Waals surface area contributed by atoms with Crippen LogP contribution in [0.15, 0.2) is 30.5 Å². The van der Waals surface area contributed by atoms with Gasteiger partial charge in [-0.2, -0.15) is 0 Å². The van der Waals surface area contributed by atoms with Crippen molar-refractivity contribution in [1.29, 1.82) is 0 Å². The molecular formula is C18H21ClN4O2. The van der Waals surface area contributed by atoms with E-state index in [2.05, 4.69) is 20.6 Å². The highest BCUT2D eigenvalue weighted by atomic mass is 35.5. The maximum atomic E-state index is 11.9. The number of carbonyl (C=O) groups is 1. The molecule has 0 bridgehead atoms. The van der Waals surface area contributed by atoms with Crippen molar-refractivity contribution in [2.45, 2.75) is 45.1 Å². The summed E-state index contributed by atoms with van der Waals surface area (Å²) in [4.78, 5) is 20.3. The van der Waals surface area contributed by atoms with Gasteiger partial charge in [0.05, 0.1) is 0 Å². The van der Waals surface area contributed by atoms with E-state index >= 15 is 0 Å². The molecule has 1 aromatic heterocycles. The molecule has 0 atom stereocenters. The fourth-order valence-corrected chi connectivity index (χ4v) is 2.53. The summed E-state index contributed by atoms with van der Waals surface area (Å²) in [6.45, 7) is 5.47. The van der Waals surface area contributed by atoms with Crippen LogP contribution < -0.4 is 10.6 Å². The average Bonchev–Trinajstić information content (AvgIpc) is 3.30. The van der Waals surface area contributed by atoms with E-state index in [9.17, 15) is 4.79 Å². The Hall–Kier alpha value is -2.34. The van der Waals surface area contributed by atoms with E-state index in [1.807, 2.05) is 39.0 Å². The number of ether oxygens (including phenoxy) is 1. The van der Waals surface area contributed by atoms with Crippen molar-refractivity contribution >= 4 is 34.9 Å². The van der Waals surface area contributed by atoms with Crippen LogP contribution in [0, 0.1) is 0 Å². The summed E-state index contributed by atoms with van der Waals surface area (Å²) in [5, 5.41) is 6.20. The monoisotopic (exact) mass is 360 g/mol. The molecule has 1 saturated carbocycles. The van der Waals surface area contributed by atoms with E-state index in [1.54, 1.807) is 12.3 Å². The van der Waals surface area contributed by atoms with Gasteiger partial charge in [0.1, 0.15) is 11.4 Å². The minimum Gasteiger partial charge on any atom is -0.444 e. The van der Waals surface area contributed by atoms with Gasteiger partial charge in [0.15, 0.2) is 0 Å². The Morgan fingerprint density at radius 2 is 2.00 bits per heavy atom. The summed E-state index contributed by atoms with van der Waals surface area (Å²) in [5.74, 6) is 1.19. The molecule has 0 unspecified atom stereocenters. The van der Waals surface area contributed by atoms with Crippen LogP contribution in [0.4, 0.5) is 22.0 Å². The molecule has 3 rings (SSSR count). The Labute approximate surface area is 152 Å². The van der Waals surface area contributed by atoms with Crippen LogP contribution in [0.5, 0.6) is 0 Å². The predicted molar refractivity (Wildman–Crippen MR) is 98.6 cm³/mol. The largest absolute Gasteiger partial charge is 0.444 e. The van der Waals surface area contributed by atoms with Crippen molar-refractivity contribution < 1.29 is 9.53 Å². The summed E-state index contributed by atoms with van der Waals surface area (Å²) in [7, 11) is 0. The highest BCUT2D eigenvalue weighted by molar-refractivity contribution is 6.28. The zero-order valence-electron chi connectivity index (χ0n) is 14.5. The number of benzene rings is 1. The van der Waals surface area contributed by atoms with Gasteiger partial charge in [0, 0.05) is 23.1 Å². The van der Waals surface area contributed by atoms with Crippen molar-refractivity contribution in [3.63, 3.8) is 0 Å². The van der Waals surface area contributed by atoms with E-state index in [4.69, 9.17) is 16.3 Å². The Balaban J connectivity index is 1.74. The molecule has 2 aromatic rings. The first-order valence-corrected chi connectivity index (χ1v) is 8.57. The number of amides is 1. The van der Waals surface area contributed by atoms with Gasteiger partial charge in [-0.3, -0.25) is 5.32 Å². The smallest absolute Gasteiger partial charge is 0.412 e. The third-order valence-electron chi connectivity index (χ3n) is 3.58. The van der Waals surface area contributed by atoms with Gasteiger partial charge in [-0.15, -0.1) is 0 Å². The van der Waals surface area contributed by atoms with Crippen LogP contribution >= 0.6 is 11.6 Å². The second-order valence-corrected chi connectivity index (χ2v) is 7.39. The molecule has 1 heterocycles. The fourth-order valence-electron chi connectivity index (χ4n) is 2.40. The quantitative estimate of drug-likeness (QED) is 0.742. The lowest BCUT2D eigenvalue weighted by Crippen LogP contribution is -2.27. The fraction of sp³-hybridized carbons (Fsp3) is 0.389. The number of nitrogens with zero attached hydrogens (tertiary/aromatic N) is 2. The van der Waals surface area contributed by atoms with E-state index in [0.29, 0.717) is 17.4 Å². The lowest BCUT2D eigenvalue weighted by atomic mass is 10.2. The topological polar surface area (TPSA) is 76.1 Å². The molecule has 1 fully saturated rings. The van der Waals surface area contributed by atoms with E-state index in [1.165, 1.54) is 0 Å². The van der Waals surface area contributed by atoms with Crippen molar-refractivity contribution in [3.8, 4) is 0 Å². The summed E-state index contributed by atoms with van der Waals surface area (Å²) >= 11 is 5.93. The van der Waals surface area contributed by atoms with E-state index in [0.717, 1.165) is 24.1 Å². The summed E-state index contributed by atoms with van der Waals surface area (Å²) < 4.78 is 5.27. The van der Waals surface area contributed by atoms with E-state index < -0.39 is 11.7 Å². The lowest BCUT2D eigenvalue weighted by molar-refractivity contribution is 0.0636. The lowest BCUT2D eigenvalue weighted by Gasteiger charge is -2.20. The van der Waals surface area contributed by atoms with Crippen LogP contribution in [-0.2, 0) is 4.74 Å². The van der Waals surface area contributed by atoms with E-state index in [-0.39, 0.29) is 5.28 Å². The number of halogens is 1. The first kappa shape index (κ1) is 17.5. The molecular weight excluding hydrogens is 340 g/mol. The maximum absolute atomic E-state index is 11.9. The van der Waals surface area contributed by atoms with Crippen LogP contribution in [0.3, 0.4) is 0 Å². The van der Waals surface area contributed by atoms with Gasteiger partial charge >= 0.3 is 6.09 Å². The molecule has 0 radical (unpaired) electrons. The highest BCUT2D eigenvalue weighted by Crippen LogP contribution is 2.43. The van der Waals surface area contributed by atoms with Gasteiger partial charge < -0.3 is 10.1 Å². The Morgan fingerprint density at radius 1 is 1.28 bits per heavy atom. The van der Waals surface area contributed by atoms with Crippen LogP contribution in [0.1, 0.15) is 45.1 Å². The van der Waals surface area contributed by atoms with Crippen molar-refractivity contribution in [2.75, 3.05) is 10.6 Å².